The quantitative estimate of drug-likeness (QED) is 0.708. The molecule has 0 aliphatic heterocycles. The Morgan fingerprint density at radius 2 is 2.19 bits per heavy atom. The van der Waals surface area contributed by atoms with Crippen molar-refractivity contribution in [1.82, 2.24) is 10.2 Å². The van der Waals surface area contributed by atoms with E-state index >= 15 is 0 Å². The van der Waals surface area contributed by atoms with Crippen LogP contribution in [0.2, 0.25) is 0 Å². The minimum Gasteiger partial charge on any atom is -0.385 e. The van der Waals surface area contributed by atoms with Crippen molar-refractivity contribution < 1.29 is 13.9 Å². The van der Waals surface area contributed by atoms with Gasteiger partial charge in [0.15, 0.2) is 0 Å². The molecule has 0 spiro atoms. The van der Waals surface area contributed by atoms with Crippen LogP contribution in [-0.4, -0.2) is 43.7 Å². The van der Waals surface area contributed by atoms with Crippen LogP contribution in [0.15, 0.2) is 24.3 Å². The molecule has 0 radical (unpaired) electrons. The first-order chi connectivity index (χ1) is 10.2. The van der Waals surface area contributed by atoms with Crippen molar-refractivity contribution in [2.75, 3.05) is 26.8 Å². The standard InChI is InChI=1S/C16H23FN2O2/c1-21-10-4-9-18-16(20)12-19(14-7-8-14)11-13-5-2-3-6-15(13)17/h2-3,5-6,14H,4,7-12H2,1H3,(H,18,20). The monoisotopic (exact) mass is 294 g/mol. The number of methoxy groups -OCH3 is 1. The molecule has 21 heavy (non-hydrogen) atoms. The fourth-order valence-electron chi connectivity index (χ4n) is 2.28. The summed E-state index contributed by atoms with van der Waals surface area (Å²) in [6.45, 7) is 2.07. The molecule has 0 bridgehead atoms. The highest BCUT2D eigenvalue weighted by molar-refractivity contribution is 5.78. The average molecular weight is 294 g/mol. The molecular weight excluding hydrogens is 271 g/mol. The van der Waals surface area contributed by atoms with Crippen LogP contribution < -0.4 is 5.32 Å². The third-order valence-corrected chi connectivity index (χ3v) is 3.59. The summed E-state index contributed by atoms with van der Waals surface area (Å²) in [6, 6.07) is 7.16. The Balaban J connectivity index is 1.82. The highest BCUT2D eigenvalue weighted by Gasteiger charge is 2.30. The van der Waals surface area contributed by atoms with Crippen LogP contribution in [0.5, 0.6) is 0 Å². The van der Waals surface area contributed by atoms with Gasteiger partial charge in [0, 0.05) is 38.4 Å². The number of carbonyl (C=O) groups excluding carboxylic acids is 1. The Morgan fingerprint density at radius 3 is 2.86 bits per heavy atom. The van der Waals surface area contributed by atoms with E-state index in [0.717, 1.165) is 19.3 Å². The molecule has 4 nitrogen and oxygen atoms in total. The zero-order chi connectivity index (χ0) is 15.1. The SMILES string of the molecule is COCCCNC(=O)CN(Cc1ccccc1F)C1CC1. The summed E-state index contributed by atoms with van der Waals surface area (Å²) in [4.78, 5) is 14.0. The van der Waals surface area contributed by atoms with Crippen LogP contribution in [0.25, 0.3) is 0 Å². The van der Waals surface area contributed by atoms with Crippen LogP contribution in [0.4, 0.5) is 4.39 Å². The van der Waals surface area contributed by atoms with Gasteiger partial charge in [0.2, 0.25) is 5.91 Å². The summed E-state index contributed by atoms with van der Waals surface area (Å²) in [5, 5.41) is 2.88. The Morgan fingerprint density at radius 1 is 1.43 bits per heavy atom. The van der Waals surface area contributed by atoms with Gasteiger partial charge in [-0.3, -0.25) is 9.69 Å². The Hall–Kier alpha value is -1.46. The van der Waals surface area contributed by atoms with Gasteiger partial charge in [-0.05, 0) is 25.3 Å². The van der Waals surface area contributed by atoms with Crippen LogP contribution in [0.1, 0.15) is 24.8 Å². The lowest BCUT2D eigenvalue weighted by Gasteiger charge is -2.21. The lowest BCUT2D eigenvalue weighted by atomic mass is 10.2. The molecule has 1 fully saturated rings. The topological polar surface area (TPSA) is 41.6 Å². The molecule has 1 aliphatic rings. The summed E-state index contributed by atoms with van der Waals surface area (Å²) in [5.74, 6) is -0.210. The molecule has 1 aliphatic carbocycles. The Labute approximate surface area is 125 Å². The van der Waals surface area contributed by atoms with Gasteiger partial charge >= 0.3 is 0 Å². The van der Waals surface area contributed by atoms with Gasteiger partial charge in [-0.25, -0.2) is 4.39 Å². The largest absolute Gasteiger partial charge is 0.385 e. The number of hydrogen-bond acceptors (Lipinski definition) is 3. The van der Waals surface area contributed by atoms with E-state index in [2.05, 4.69) is 10.2 Å². The second-order valence-electron chi connectivity index (χ2n) is 5.42. The van der Waals surface area contributed by atoms with E-state index in [-0.39, 0.29) is 11.7 Å². The lowest BCUT2D eigenvalue weighted by Crippen LogP contribution is -2.38. The molecular formula is C16H23FN2O2. The van der Waals surface area contributed by atoms with Crippen molar-refractivity contribution in [1.29, 1.82) is 0 Å². The number of carbonyl (C=O) groups is 1. The molecule has 5 heteroatoms. The number of nitrogens with one attached hydrogen (secondary N) is 1. The second-order valence-corrected chi connectivity index (χ2v) is 5.42. The van der Waals surface area contributed by atoms with Crippen LogP contribution >= 0.6 is 0 Å². The fourth-order valence-corrected chi connectivity index (χ4v) is 2.28. The maximum atomic E-state index is 13.7. The van der Waals surface area contributed by atoms with Gasteiger partial charge in [-0.2, -0.15) is 0 Å². The molecule has 0 aromatic heterocycles. The predicted octanol–water partition coefficient (Wildman–Crippen LogP) is 1.94. The van der Waals surface area contributed by atoms with Crippen LogP contribution in [0, 0.1) is 5.82 Å². The van der Waals surface area contributed by atoms with E-state index in [1.54, 1.807) is 19.2 Å². The molecule has 0 unspecified atom stereocenters. The number of rotatable bonds is 9. The molecule has 1 N–H and O–H groups in total. The highest BCUT2D eigenvalue weighted by atomic mass is 19.1. The minimum absolute atomic E-state index is 0.00524. The maximum Gasteiger partial charge on any atom is 0.234 e. The molecule has 2 rings (SSSR count). The first-order valence-corrected chi connectivity index (χ1v) is 7.44. The number of hydrogen-bond donors (Lipinski definition) is 1. The maximum absolute atomic E-state index is 13.7. The van der Waals surface area contributed by atoms with Gasteiger partial charge in [0.1, 0.15) is 5.82 Å². The van der Waals surface area contributed by atoms with Gasteiger partial charge in [0.25, 0.3) is 0 Å². The molecule has 0 atom stereocenters. The minimum atomic E-state index is -0.205. The van der Waals surface area contributed by atoms with E-state index in [0.29, 0.717) is 37.8 Å². The molecule has 1 saturated carbocycles. The first-order valence-electron chi connectivity index (χ1n) is 7.44. The summed E-state index contributed by atoms with van der Waals surface area (Å²) in [5.41, 5.74) is 0.650. The fraction of sp³-hybridized carbons (Fsp3) is 0.562. The summed E-state index contributed by atoms with van der Waals surface area (Å²) in [7, 11) is 1.64. The number of ether oxygens (including phenoxy) is 1. The van der Waals surface area contributed by atoms with E-state index in [4.69, 9.17) is 4.74 Å². The van der Waals surface area contributed by atoms with E-state index in [1.165, 1.54) is 6.07 Å². The summed E-state index contributed by atoms with van der Waals surface area (Å²) in [6.07, 6.45) is 2.98. The summed E-state index contributed by atoms with van der Waals surface area (Å²) >= 11 is 0. The van der Waals surface area contributed by atoms with Crippen LogP contribution in [-0.2, 0) is 16.1 Å². The van der Waals surface area contributed by atoms with Gasteiger partial charge in [-0.15, -0.1) is 0 Å². The number of nitrogens with zero attached hydrogens (tertiary/aromatic N) is 1. The molecule has 0 saturated heterocycles. The first kappa shape index (κ1) is 15.9. The van der Waals surface area contributed by atoms with Crippen molar-refractivity contribution in [3.8, 4) is 0 Å². The molecule has 116 valence electrons. The Bertz CT molecular complexity index is 463. The molecule has 1 aromatic carbocycles. The molecule has 1 aromatic rings. The third-order valence-electron chi connectivity index (χ3n) is 3.59. The molecule has 1 amide bonds. The second kappa shape index (κ2) is 8.10. The summed E-state index contributed by atoms with van der Waals surface area (Å²) < 4.78 is 18.7. The highest BCUT2D eigenvalue weighted by Crippen LogP contribution is 2.28. The van der Waals surface area contributed by atoms with E-state index in [1.807, 2.05) is 6.07 Å². The van der Waals surface area contributed by atoms with Crippen LogP contribution in [0.3, 0.4) is 0 Å². The zero-order valence-corrected chi connectivity index (χ0v) is 12.5. The normalized spacial score (nSPS) is 14.4. The number of benzene rings is 1. The van der Waals surface area contributed by atoms with Crippen molar-refractivity contribution >= 4 is 5.91 Å². The van der Waals surface area contributed by atoms with E-state index < -0.39 is 0 Å². The van der Waals surface area contributed by atoms with Gasteiger partial charge < -0.3 is 10.1 Å². The van der Waals surface area contributed by atoms with Gasteiger partial charge in [-0.1, -0.05) is 18.2 Å². The number of amides is 1. The van der Waals surface area contributed by atoms with Crippen molar-refractivity contribution in [3.63, 3.8) is 0 Å². The average Bonchev–Trinajstić information content (AvgIpc) is 3.30. The van der Waals surface area contributed by atoms with E-state index in [9.17, 15) is 9.18 Å². The predicted molar refractivity (Wildman–Crippen MR) is 79.3 cm³/mol. The van der Waals surface area contributed by atoms with Crippen molar-refractivity contribution in [2.24, 2.45) is 0 Å². The van der Waals surface area contributed by atoms with Crippen molar-refractivity contribution in [2.45, 2.75) is 31.8 Å². The smallest absolute Gasteiger partial charge is 0.234 e. The van der Waals surface area contributed by atoms with Gasteiger partial charge in [0.05, 0.1) is 6.54 Å². The third kappa shape index (κ3) is 5.44. The zero-order valence-electron chi connectivity index (χ0n) is 12.5. The lowest BCUT2D eigenvalue weighted by molar-refractivity contribution is -0.122. The number of halogens is 1. The Kier molecular flexibility index (Phi) is 6.14. The van der Waals surface area contributed by atoms with Crippen molar-refractivity contribution in [3.05, 3.63) is 35.6 Å². The molecule has 0 heterocycles.